The molecule has 1 aromatic carbocycles. The quantitative estimate of drug-likeness (QED) is 0.806. The topological polar surface area (TPSA) is 47.8 Å². The van der Waals surface area contributed by atoms with Crippen LogP contribution < -0.4 is 0 Å². The minimum atomic E-state index is 0.000463. The van der Waals surface area contributed by atoms with Gasteiger partial charge in [0.2, 0.25) is 0 Å². The van der Waals surface area contributed by atoms with E-state index in [-0.39, 0.29) is 18.2 Å². The van der Waals surface area contributed by atoms with Crippen LogP contribution in [0.1, 0.15) is 41.6 Å². The van der Waals surface area contributed by atoms with Crippen molar-refractivity contribution >= 4 is 17.4 Å². The van der Waals surface area contributed by atoms with E-state index in [9.17, 15) is 4.79 Å². The molecule has 0 unspecified atom stereocenters. The molecule has 1 aromatic heterocycles. The smallest absolute Gasteiger partial charge is 0.170 e. The zero-order chi connectivity index (χ0) is 14.0. The number of Topliss-reactive ketones (excluding diaryl/α,β-unsaturated/α-hetero) is 1. The maximum atomic E-state index is 12.3. The fourth-order valence-electron chi connectivity index (χ4n) is 1.97. The summed E-state index contributed by atoms with van der Waals surface area (Å²) >= 11 is 5.97. The van der Waals surface area contributed by atoms with Crippen LogP contribution in [0.5, 0.6) is 0 Å². The van der Waals surface area contributed by atoms with Crippen molar-refractivity contribution in [2.75, 3.05) is 0 Å². The van der Waals surface area contributed by atoms with E-state index in [1.807, 2.05) is 32.9 Å². The van der Waals surface area contributed by atoms with E-state index < -0.39 is 0 Å². The van der Waals surface area contributed by atoms with Crippen molar-refractivity contribution in [1.29, 1.82) is 0 Å². The largest absolute Gasteiger partial charge is 0.294 e. The minimum absolute atomic E-state index is 0.000463. The van der Waals surface area contributed by atoms with Crippen molar-refractivity contribution in [2.24, 2.45) is 0 Å². The number of nitrogens with zero attached hydrogens (tertiary/aromatic N) is 3. The molecule has 0 aliphatic rings. The number of aromatic nitrogens is 3. The Bertz CT molecular complexity index is 584. The van der Waals surface area contributed by atoms with Crippen LogP contribution in [0, 0.1) is 6.92 Å². The average molecular weight is 278 g/mol. The number of rotatable bonds is 4. The molecule has 0 fully saturated rings. The summed E-state index contributed by atoms with van der Waals surface area (Å²) in [6.07, 6.45) is 1.71. The van der Waals surface area contributed by atoms with Gasteiger partial charge < -0.3 is 0 Å². The van der Waals surface area contributed by atoms with Crippen LogP contribution in [-0.2, 0) is 6.42 Å². The zero-order valence-corrected chi connectivity index (χ0v) is 12.0. The third-order valence-electron chi connectivity index (χ3n) is 2.82. The molecule has 2 rings (SSSR count). The molecule has 0 saturated heterocycles. The van der Waals surface area contributed by atoms with Crippen LogP contribution in [0.4, 0.5) is 0 Å². The molecule has 0 spiro atoms. The van der Waals surface area contributed by atoms with E-state index in [0.29, 0.717) is 16.4 Å². The van der Waals surface area contributed by atoms with Crippen molar-refractivity contribution in [2.45, 2.75) is 33.2 Å². The van der Waals surface area contributed by atoms with E-state index in [2.05, 4.69) is 10.1 Å². The number of carbonyl (C=O) groups excluding carboxylic acids is 1. The van der Waals surface area contributed by atoms with Gasteiger partial charge in [0.05, 0.1) is 6.42 Å². The number of hydrogen-bond acceptors (Lipinski definition) is 3. The summed E-state index contributed by atoms with van der Waals surface area (Å²) in [6.45, 7) is 5.93. The van der Waals surface area contributed by atoms with Crippen molar-refractivity contribution in [1.82, 2.24) is 14.8 Å². The highest BCUT2D eigenvalue weighted by atomic mass is 35.5. The maximum Gasteiger partial charge on any atom is 0.170 e. The second kappa shape index (κ2) is 5.53. The second-order valence-corrected chi connectivity index (χ2v) is 5.27. The van der Waals surface area contributed by atoms with E-state index >= 15 is 0 Å². The molecule has 100 valence electrons. The molecule has 4 nitrogen and oxygen atoms in total. The number of aryl methyl sites for hydroxylation is 1. The van der Waals surface area contributed by atoms with Gasteiger partial charge in [0.25, 0.3) is 0 Å². The lowest BCUT2D eigenvalue weighted by molar-refractivity contribution is 0.0989. The summed E-state index contributed by atoms with van der Waals surface area (Å²) in [5.41, 5.74) is 1.59. The standard InChI is InChI=1S/C14H16ClN3O/c1-9(2)18-14(16-8-17-18)7-13(19)11-4-10(3)5-12(15)6-11/h4-6,8-9H,7H2,1-3H3. The summed E-state index contributed by atoms with van der Waals surface area (Å²) in [6, 6.07) is 5.54. The molecule has 5 heteroatoms. The van der Waals surface area contributed by atoms with E-state index in [1.165, 1.54) is 6.33 Å². The van der Waals surface area contributed by atoms with Gasteiger partial charge in [-0.1, -0.05) is 11.6 Å². The van der Waals surface area contributed by atoms with Crippen molar-refractivity contribution in [3.8, 4) is 0 Å². The molecule has 0 saturated carbocycles. The Hall–Kier alpha value is -1.68. The predicted molar refractivity (Wildman–Crippen MR) is 74.6 cm³/mol. The summed E-state index contributed by atoms with van der Waals surface area (Å²) < 4.78 is 1.76. The fraction of sp³-hybridized carbons (Fsp3) is 0.357. The first kappa shape index (κ1) is 13.7. The number of ketones is 1. The van der Waals surface area contributed by atoms with Gasteiger partial charge in [-0.25, -0.2) is 9.67 Å². The van der Waals surface area contributed by atoms with Gasteiger partial charge in [-0.3, -0.25) is 4.79 Å². The monoisotopic (exact) mass is 277 g/mol. The molecule has 0 atom stereocenters. The van der Waals surface area contributed by atoms with Gasteiger partial charge in [-0.05, 0) is 44.5 Å². The molecule has 19 heavy (non-hydrogen) atoms. The first-order valence-corrected chi connectivity index (χ1v) is 6.54. The van der Waals surface area contributed by atoms with Crippen LogP contribution >= 0.6 is 11.6 Å². The Morgan fingerprint density at radius 3 is 2.74 bits per heavy atom. The molecule has 1 heterocycles. The maximum absolute atomic E-state index is 12.3. The molecule has 0 bridgehead atoms. The third-order valence-corrected chi connectivity index (χ3v) is 3.04. The second-order valence-electron chi connectivity index (χ2n) is 4.83. The normalized spacial score (nSPS) is 11.0. The van der Waals surface area contributed by atoms with Gasteiger partial charge in [0.1, 0.15) is 12.2 Å². The molecule has 0 aliphatic heterocycles. The molecule has 0 radical (unpaired) electrons. The highest BCUT2D eigenvalue weighted by Gasteiger charge is 2.14. The van der Waals surface area contributed by atoms with Gasteiger partial charge in [-0.15, -0.1) is 0 Å². The lowest BCUT2D eigenvalue weighted by Crippen LogP contribution is -2.13. The highest BCUT2D eigenvalue weighted by Crippen LogP contribution is 2.16. The Morgan fingerprint density at radius 1 is 1.37 bits per heavy atom. The molecule has 0 aliphatic carbocycles. The van der Waals surface area contributed by atoms with E-state index in [1.54, 1.807) is 10.7 Å². The van der Waals surface area contributed by atoms with Gasteiger partial charge in [-0.2, -0.15) is 5.10 Å². The number of halogens is 1. The molecular weight excluding hydrogens is 262 g/mol. The molecule has 0 amide bonds. The van der Waals surface area contributed by atoms with Crippen molar-refractivity contribution < 1.29 is 4.79 Å². The number of benzene rings is 1. The van der Waals surface area contributed by atoms with E-state index in [4.69, 9.17) is 11.6 Å². The Balaban J connectivity index is 2.23. The Morgan fingerprint density at radius 2 is 2.11 bits per heavy atom. The van der Waals surface area contributed by atoms with Crippen LogP contribution in [0.3, 0.4) is 0 Å². The lowest BCUT2D eigenvalue weighted by Gasteiger charge is -2.09. The van der Waals surface area contributed by atoms with Crippen LogP contribution in [-0.4, -0.2) is 20.5 Å². The molecule has 0 N–H and O–H groups in total. The van der Waals surface area contributed by atoms with Crippen molar-refractivity contribution in [3.63, 3.8) is 0 Å². The highest BCUT2D eigenvalue weighted by molar-refractivity contribution is 6.31. The van der Waals surface area contributed by atoms with Gasteiger partial charge in [0, 0.05) is 16.6 Å². The average Bonchev–Trinajstić information content (AvgIpc) is 2.75. The Labute approximate surface area is 117 Å². The summed E-state index contributed by atoms with van der Waals surface area (Å²) in [7, 11) is 0. The molecular formula is C14H16ClN3O. The van der Waals surface area contributed by atoms with Crippen LogP contribution in [0.25, 0.3) is 0 Å². The minimum Gasteiger partial charge on any atom is -0.294 e. The summed E-state index contributed by atoms with van der Waals surface area (Å²) in [5, 5.41) is 4.70. The summed E-state index contributed by atoms with van der Waals surface area (Å²) in [4.78, 5) is 16.4. The van der Waals surface area contributed by atoms with Gasteiger partial charge in [0.15, 0.2) is 5.78 Å². The number of hydrogen-bond donors (Lipinski definition) is 0. The molecule has 2 aromatic rings. The first-order valence-electron chi connectivity index (χ1n) is 6.16. The van der Waals surface area contributed by atoms with Gasteiger partial charge >= 0.3 is 0 Å². The third kappa shape index (κ3) is 3.20. The fourth-order valence-corrected chi connectivity index (χ4v) is 2.26. The summed E-state index contributed by atoms with van der Waals surface area (Å²) in [5.74, 6) is 0.679. The SMILES string of the molecule is Cc1cc(Cl)cc(C(=O)Cc2ncnn2C(C)C)c1. The van der Waals surface area contributed by atoms with Crippen LogP contribution in [0.2, 0.25) is 5.02 Å². The lowest BCUT2D eigenvalue weighted by atomic mass is 10.1. The Kier molecular flexibility index (Phi) is 4.00. The number of carbonyl (C=O) groups is 1. The predicted octanol–water partition coefficient (Wildman–Crippen LogP) is 3.25. The van der Waals surface area contributed by atoms with Crippen molar-refractivity contribution in [3.05, 3.63) is 46.5 Å². The first-order chi connectivity index (χ1) is 8.97. The zero-order valence-electron chi connectivity index (χ0n) is 11.2. The van der Waals surface area contributed by atoms with Crippen LogP contribution in [0.15, 0.2) is 24.5 Å². The van der Waals surface area contributed by atoms with E-state index in [0.717, 1.165) is 5.56 Å².